The van der Waals surface area contributed by atoms with Crippen LogP contribution in [0, 0.1) is 0 Å². The molecule has 2 aromatic carbocycles. The van der Waals surface area contributed by atoms with Crippen LogP contribution in [0.1, 0.15) is 49.1 Å². The van der Waals surface area contributed by atoms with E-state index in [1.54, 1.807) is 31.3 Å². The molecule has 1 aliphatic rings. The summed E-state index contributed by atoms with van der Waals surface area (Å²) in [5, 5.41) is 6.50. The molecule has 150 valence electrons. The van der Waals surface area contributed by atoms with Gasteiger partial charge in [-0.1, -0.05) is 24.3 Å². The Hall–Kier alpha value is -4.07. The van der Waals surface area contributed by atoms with Crippen molar-refractivity contribution in [3.8, 4) is 0 Å². The number of esters is 1. The Bertz CT molecular complexity index is 1210. The zero-order valence-corrected chi connectivity index (χ0v) is 16.2. The fourth-order valence-corrected chi connectivity index (χ4v) is 3.23. The minimum Gasteiger partial charge on any atom is -0.449 e. The summed E-state index contributed by atoms with van der Waals surface area (Å²) >= 11 is 0. The minimum atomic E-state index is -1.08. The van der Waals surface area contributed by atoms with Crippen LogP contribution < -0.4 is 5.32 Å². The number of hydrogen-bond acceptors (Lipinski definition) is 6. The summed E-state index contributed by atoms with van der Waals surface area (Å²) < 4.78 is 6.60. The van der Waals surface area contributed by atoms with Crippen molar-refractivity contribution in [2.75, 3.05) is 5.32 Å². The monoisotopic (exact) mass is 403 g/mol. The smallest absolute Gasteiger partial charge is 0.342 e. The van der Waals surface area contributed by atoms with E-state index in [1.807, 2.05) is 0 Å². The van der Waals surface area contributed by atoms with Gasteiger partial charge in [0.1, 0.15) is 0 Å². The largest absolute Gasteiger partial charge is 0.449 e. The summed E-state index contributed by atoms with van der Waals surface area (Å²) in [6.07, 6.45) is 1.75. The molecule has 1 aromatic heterocycles. The predicted octanol–water partition coefficient (Wildman–Crippen LogP) is 2.38. The second kappa shape index (κ2) is 7.40. The number of ether oxygens (including phenoxy) is 1. The fraction of sp³-hybridized carbons (Fsp3) is 0.136. The highest BCUT2D eigenvalue weighted by Crippen LogP contribution is 2.29. The number of carbonyl (C=O) groups is 4. The van der Waals surface area contributed by atoms with Crippen molar-refractivity contribution in [2.24, 2.45) is 7.05 Å². The van der Waals surface area contributed by atoms with E-state index in [0.717, 1.165) is 0 Å². The molecule has 0 radical (unpaired) electrons. The highest BCUT2D eigenvalue weighted by atomic mass is 16.5. The molecule has 0 saturated carbocycles. The summed E-state index contributed by atoms with van der Waals surface area (Å²) in [7, 11) is 1.66. The number of benzene rings is 2. The van der Waals surface area contributed by atoms with Gasteiger partial charge in [0.2, 0.25) is 0 Å². The molecule has 0 saturated heterocycles. The topological polar surface area (TPSA) is 107 Å². The first kappa shape index (κ1) is 19.3. The molecular formula is C22H17N3O5. The van der Waals surface area contributed by atoms with E-state index in [2.05, 4.69) is 10.4 Å². The normalized spacial score (nSPS) is 13.3. The highest BCUT2D eigenvalue weighted by molar-refractivity contribution is 6.28. The number of nitrogens with one attached hydrogen (secondary N) is 1. The third-order valence-electron chi connectivity index (χ3n) is 4.79. The molecule has 1 aliphatic carbocycles. The zero-order chi connectivity index (χ0) is 21.4. The van der Waals surface area contributed by atoms with Gasteiger partial charge in [-0.05, 0) is 25.1 Å². The lowest BCUT2D eigenvalue weighted by molar-refractivity contribution is -0.123. The van der Waals surface area contributed by atoms with E-state index < -0.39 is 18.0 Å². The van der Waals surface area contributed by atoms with Crippen molar-refractivity contribution >= 4 is 29.1 Å². The van der Waals surface area contributed by atoms with Gasteiger partial charge >= 0.3 is 5.97 Å². The maximum atomic E-state index is 12.8. The maximum Gasteiger partial charge on any atom is 0.342 e. The fourth-order valence-electron chi connectivity index (χ4n) is 3.23. The van der Waals surface area contributed by atoms with Gasteiger partial charge in [0.25, 0.3) is 5.91 Å². The first-order chi connectivity index (χ1) is 14.3. The van der Waals surface area contributed by atoms with Gasteiger partial charge in [0, 0.05) is 41.2 Å². The second-order valence-corrected chi connectivity index (χ2v) is 6.90. The van der Waals surface area contributed by atoms with Gasteiger partial charge in [-0.25, -0.2) is 4.79 Å². The predicted molar refractivity (Wildman–Crippen MR) is 106 cm³/mol. The van der Waals surface area contributed by atoms with Gasteiger partial charge in [0.15, 0.2) is 17.7 Å². The summed E-state index contributed by atoms with van der Waals surface area (Å²) in [4.78, 5) is 49.9. The van der Waals surface area contributed by atoms with Crippen molar-refractivity contribution < 1.29 is 23.9 Å². The summed E-state index contributed by atoms with van der Waals surface area (Å²) in [5.74, 6) is -1.76. The first-order valence-corrected chi connectivity index (χ1v) is 9.18. The molecular weight excluding hydrogens is 386 g/mol. The lowest BCUT2D eigenvalue weighted by Crippen LogP contribution is -2.30. The molecule has 8 nitrogen and oxygen atoms in total. The molecule has 8 heteroatoms. The molecule has 0 fully saturated rings. The number of amides is 1. The Labute approximate surface area is 171 Å². The molecule has 0 bridgehead atoms. The number of anilines is 1. The van der Waals surface area contributed by atoms with Crippen molar-refractivity contribution in [3.63, 3.8) is 0 Å². The Balaban J connectivity index is 1.50. The Morgan fingerprint density at radius 3 is 2.27 bits per heavy atom. The number of fused-ring (bicyclic) bond motifs is 2. The molecule has 4 rings (SSSR count). The molecule has 1 N–H and O–H groups in total. The van der Waals surface area contributed by atoms with E-state index in [-0.39, 0.29) is 28.3 Å². The third-order valence-corrected chi connectivity index (χ3v) is 4.79. The average Bonchev–Trinajstić information content (AvgIpc) is 3.18. The van der Waals surface area contributed by atoms with Crippen LogP contribution in [-0.4, -0.2) is 39.3 Å². The average molecular weight is 403 g/mol. The van der Waals surface area contributed by atoms with Crippen molar-refractivity contribution in [2.45, 2.75) is 13.0 Å². The van der Waals surface area contributed by atoms with Gasteiger partial charge < -0.3 is 10.1 Å². The van der Waals surface area contributed by atoms with Crippen LogP contribution in [0.5, 0.6) is 0 Å². The number of carbonyl (C=O) groups excluding carboxylic acids is 4. The number of ketones is 2. The van der Waals surface area contributed by atoms with Crippen molar-refractivity contribution in [3.05, 3.63) is 82.7 Å². The molecule has 1 unspecified atom stereocenters. The molecule has 30 heavy (non-hydrogen) atoms. The van der Waals surface area contributed by atoms with Crippen LogP contribution in [0.4, 0.5) is 5.69 Å². The molecule has 1 atom stereocenters. The van der Waals surface area contributed by atoms with Gasteiger partial charge in [-0.2, -0.15) is 5.10 Å². The van der Waals surface area contributed by atoms with E-state index in [1.165, 1.54) is 42.2 Å². The van der Waals surface area contributed by atoms with Gasteiger partial charge in [-0.15, -0.1) is 0 Å². The summed E-state index contributed by atoms with van der Waals surface area (Å²) in [6.45, 7) is 1.44. The highest BCUT2D eigenvalue weighted by Gasteiger charge is 2.29. The van der Waals surface area contributed by atoms with E-state index >= 15 is 0 Å². The molecule has 0 aliphatic heterocycles. The molecule has 1 amide bonds. The van der Waals surface area contributed by atoms with Crippen LogP contribution in [0.3, 0.4) is 0 Å². The second-order valence-electron chi connectivity index (χ2n) is 6.90. The van der Waals surface area contributed by atoms with Crippen molar-refractivity contribution in [1.29, 1.82) is 0 Å². The van der Waals surface area contributed by atoms with Crippen LogP contribution in [-0.2, 0) is 16.6 Å². The lowest BCUT2D eigenvalue weighted by Gasteiger charge is -2.19. The number of nitrogens with zero attached hydrogens (tertiary/aromatic N) is 2. The SMILES string of the molecule is CC(OC(=O)c1cnn(C)c1)C(=O)Nc1ccc2c(c1)C(=O)c1ccccc1C2=O. The minimum absolute atomic E-state index is 0.219. The zero-order valence-electron chi connectivity index (χ0n) is 16.2. The number of hydrogen-bond donors (Lipinski definition) is 1. The van der Waals surface area contributed by atoms with Gasteiger partial charge in [0.05, 0.1) is 11.8 Å². The molecule has 1 heterocycles. The van der Waals surface area contributed by atoms with Crippen LogP contribution >= 0.6 is 0 Å². The van der Waals surface area contributed by atoms with E-state index in [0.29, 0.717) is 16.8 Å². The Morgan fingerprint density at radius 2 is 1.63 bits per heavy atom. The molecule has 0 spiro atoms. The number of rotatable bonds is 4. The first-order valence-electron chi connectivity index (χ1n) is 9.18. The summed E-state index contributed by atoms with van der Waals surface area (Å²) in [5.41, 5.74) is 1.75. The van der Waals surface area contributed by atoms with Crippen LogP contribution in [0.15, 0.2) is 54.9 Å². The van der Waals surface area contributed by atoms with E-state index in [9.17, 15) is 19.2 Å². The lowest BCUT2D eigenvalue weighted by atomic mass is 9.84. The van der Waals surface area contributed by atoms with Gasteiger partial charge in [-0.3, -0.25) is 19.1 Å². The summed E-state index contributed by atoms with van der Waals surface area (Å²) in [6, 6.07) is 11.1. The standard InChI is InChI=1S/C22H17N3O5/c1-12(30-22(29)13-10-23-25(2)11-13)21(28)24-14-7-8-17-18(9-14)20(27)16-6-4-3-5-15(16)19(17)26/h3-12H,1-2H3,(H,24,28). The quantitative estimate of drug-likeness (QED) is 0.524. The third kappa shape index (κ3) is 3.39. The Morgan fingerprint density at radius 1 is 1.00 bits per heavy atom. The maximum absolute atomic E-state index is 12.8. The number of aryl methyl sites for hydroxylation is 1. The molecule has 3 aromatic rings. The van der Waals surface area contributed by atoms with Crippen molar-refractivity contribution in [1.82, 2.24) is 9.78 Å². The Kier molecular flexibility index (Phi) is 4.75. The van der Waals surface area contributed by atoms with Crippen LogP contribution in [0.2, 0.25) is 0 Å². The number of aromatic nitrogens is 2. The van der Waals surface area contributed by atoms with E-state index in [4.69, 9.17) is 4.74 Å². The van der Waals surface area contributed by atoms with Crippen LogP contribution in [0.25, 0.3) is 0 Å².